The van der Waals surface area contributed by atoms with E-state index in [9.17, 15) is 9.90 Å². The number of carbonyl (C=O) groups is 1. The molecule has 0 radical (unpaired) electrons. The van der Waals surface area contributed by atoms with Crippen LogP contribution in [0.5, 0.6) is 0 Å². The van der Waals surface area contributed by atoms with Crippen LogP contribution in [0.2, 0.25) is 0 Å². The fourth-order valence-electron chi connectivity index (χ4n) is 4.34. The molecular weight excluding hydrogens is 368 g/mol. The first-order chi connectivity index (χ1) is 14.7. The molecule has 2 nitrogen and oxygen atoms in total. The largest absolute Gasteiger partial charge is 0.393 e. The standard InChI is InChI=1S/C28H56O2/c1-3-5-24-28(30)26-22-20-18-16-14-12-10-8-6-7-9-11-13-15-17-19-21-25-27(29)23-4-2/h28,30H,3-26H2,1-2H3. The van der Waals surface area contributed by atoms with Crippen LogP contribution in [0.15, 0.2) is 0 Å². The Balaban J connectivity index is 3.09. The molecule has 0 rings (SSSR count). The van der Waals surface area contributed by atoms with Gasteiger partial charge in [0.15, 0.2) is 0 Å². The van der Waals surface area contributed by atoms with E-state index in [1.165, 1.54) is 116 Å². The van der Waals surface area contributed by atoms with Gasteiger partial charge in [-0.25, -0.2) is 0 Å². The molecule has 30 heavy (non-hydrogen) atoms. The predicted octanol–water partition coefficient (Wildman–Crippen LogP) is 9.32. The van der Waals surface area contributed by atoms with E-state index in [1.807, 2.05) is 0 Å². The lowest BCUT2D eigenvalue weighted by Crippen LogP contribution is -2.05. The van der Waals surface area contributed by atoms with Crippen LogP contribution in [0.3, 0.4) is 0 Å². The number of hydrogen-bond acceptors (Lipinski definition) is 2. The Bertz CT molecular complexity index is 340. The third-order valence-corrected chi connectivity index (χ3v) is 6.41. The van der Waals surface area contributed by atoms with Gasteiger partial charge < -0.3 is 5.11 Å². The van der Waals surface area contributed by atoms with Gasteiger partial charge in [0.05, 0.1) is 6.10 Å². The second kappa shape index (κ2) is 24.9. The Morgan fingerprint density at radius 3 is 1.27 bits per heavy atom. The molecule has 0 aromatic carbocycles. The van der Waals surface area contributed by atoms with Crippen LogP contribution < -0.4 is 0 Å². The minimum absolute atomic E-state index is 0.0442. The van der Waals surface area contributed by atoms with E-state index in [0.29, 0.717) is 5.78 Å². The van der Waals surface area contributed by atoms with Gasteiger partial charge in [-0.1, -0.05) is 129 Å². The molecule has 0 aliphatic rings. The molecule has 1 N–H and O–H groups in total. The zero-order valence-electron chi connectivity index (χ0n) is 20.9. The molecule has 0 saturated carbocycles. The number of rotatable bonds is 25. The van der Waals surface area contributed by atoms with Crippen LogP contribution in [0.25, 0.3) is 0 Å². The first-order valence-corrected chi connectivity index (χ1v) is 13.9. The molecule has 2 heteroatoms. The van der Waals surface area contributed by atoms with Crippen molar-refractivity contribution in [1.82, 2.24) is 0 Å². The van der Waals surface area contributed by atoms with Gasteiger partial charge in [-0.2, -0.15) is 0 Å². The van der Waals surface area contributed by atoms with Gasteiger partial charge >= 0.3 is 0 Å². The molecule has 0 aliphatic carbocycles. The van der Waals surface area contributed by atoms with Gasteiger partial charge in [0.2, 0.25) is 0 Å². The molecule has 0 saturated heterocycles. The summed E-state index contributed by atoms with van der Waals surface area (Å²) in [5.74, 6) is 0.464. The van der Waals surface area contributed by atoms with Crippen molar-refractivity contribution in [2.45, 2.75) is 174 Å². The average molecular weight is 425 g/mol. The van der Waals surface area contributed by atoms with E-state index in [2.05, 4.69) is 13.8 Å². The third-order valence-electron chi connectivity index (χ3n) is 6.41. The Hall–Kier alpha value is -0.370. The Morgan fingerprint density at radius 1 is 0.500 bits per heavy atom. The molecule has 0 bridgehead atoms. The van der Waals surface area contributed by atoms with E-state index in [-0.39, 0.29) is 6.10 Å². The number of aliphatic hydroxyl groups is 1. The van der Waals surface area contributed by atoms with Crippen LogP contribution in [0, 0.1) is 0 Å². The van der Waals surface area contributed by atoms with Crippen molar-refractivity contribution in [3.05, 3.63) is 0 Å². The van der Waals surface area contributed by atoms with Gasteiger partial charge in [0.1, 0.15) is 5.78 Å². The van der Waals surface area contributed by atoms with Gasteiger partial charge in [-0.15, -0.1) is 0 Å². The molecule has 0 aliphatic heterocycles. The fourth-order valence-corrected chi connectivity index (χ4v) is 4.34. The molecule has 1 unspecified atom stereocenters. The Kier molecular flexibility index (Phi) is 24.6. The molecule has 1 atom stereocenters. The maximum atomic E-state index is 11.5. The highest BCUT2D eigenvalue weighted by atomic mass is 16.3. The summed E-state index contributed by atoms with van der Waals surface area (Å²) in [6, 6.07) is 0. The zero-order chi connectivity index (χ0) is 22.1. The number of hydrogen-bond donors (Lipinski definition) is 1. The lowest BCUT2D eigenvalue weighted by molar-refractivity contribution is -0.119. The van der Waals surface area contributed by atoms with Crippen molar-refractivity contribution in [2.24, 2.45) is 0 Å². The maximum Gasteiger partial charge on any atom is 0.132 e. The monoisotopic (exact) mass is 424 g/mol. The lowest BCUT2D eigenvalue weighted by Gasteiger charge is -2.09. The van der Waals surface area contributed by atoms with Crippen LogP contribution in [-0.4, -0.2) is 17.0 Å². The summed E-state index contributed by atoms with van der Waals surface area (Å²) >= 11 is 0. The molecule has 0 spiro atoms. The smallest absolute Gasteiger partial charge is 0.132 e. The van der Waals surface area contributed by atoms with Gasteiger partial charge in [0.25, 0.3) is 0 Å². The maximum absolute atomic E-state index is 11.5. The SMILES string of the molecule is CCCCC(O)CCCCCCCCCCCCCCCCCCCC(=O)CCC. The predicted molar refractivity (Wildman–Crippen MR) is 133 cm³/mol. The average Bonchev–Trinajstić information content (AvgIpc) is 2.74. The normalized spacial score (nSPS) is 12.4. The minimum Gasteiger partial charge on any atom is -0.393 e. The summed E-state index contributed by atoms with van der Waals surface area (Å²) in [7, 11) is 0. The fraction of sp³-hybridized carbons (Fsp3) is 0.964. The number of ketones is 1. The summed E-state index contributed by atoms with van der Waals surface area (Å²) in [5, 5.41) is 9.84. The molecule has 0 fully saturated rings. The summed E-state index contributed by atoms with van der Waals surface area (Å²) in [4.78, 5) is 11.5. The third kappa shape index (κ3) is 23.9. The lowest BCUT2D eigenvalue weighted by atomic mass is 10.0. The molecule has 0 aromatic rings. The molecule has 180 valence electrons. The molecule has 0 amide bonds. The molecule has 0 aromatic heterocycles. The quantitative estimate of drug-likeness (QED) is 0.148. The summed E-state index contributed by atoms with van der Waals surface area (Å²) in [5.41, 5.74) is 0. The van der Waals surface area contributed by atoms with E-state index < -0.39 is 0 Å². The zero-order valence-corrected chi connectivity index (χ0v) is 20.9. The number of unbranched alkanes of at least 4 members (excludes halogenated alkanes) is 17. The van der Waals surface area contributed by atoms with E-state index in [0.717, 1.165) is 38.5 Å². The number of aliphatic hydroxyl groups excluding tert-OH is 1. The van der Waals surface area contributed by atoms with Gasteiger partial charge in [-0.3, -0.25) is 4.79 Å². The van der Waals surface area contributed by atoms with Crippen molar-refractivity contribution >= 4 is 5.78 Å². The number of carbonyl (C=O) groups excluding carboxylic acids is 1. The summed E-state index contributed by atoms with van der Waals surface area (Å²) < 4.78 is 0. The first-order valence-electron chi connectivity index (χ1n) is 13.9. The van der Waals surface area contributed by atoms with Crippen molar-refractivity contribution in [3.8, 4) is 0 Å². The van der Waals surface area contributed by atoms with Crippen molar-refractivity contribution < 1.29 is 9.90 Å². The van der Waals surface area contributed by atoms with Crippen LogP contribution in [0.4, 0.5) is 0 Å². The van der Waals surface area contributed by atoms with Crippen molar-refractivity contribution in [1.29, 1.82) is 0 Å². The van der Waals surface area contributed by atoms with Crippen molar-refractivity contribution in [2.75, 3.05) is 0 Å². The number of Topliss-reactive ketones (excluding diaryl/α,β-unsaturated/α-hetero) is 1. The summed E-state index contributed by atoms with van der Waals surface area (Å²) in [6.45, 7) is 4.28. The second-order valence-electron chi connectivity index (χ2n) is 9.63. The van der Waals surface area contributed by atoms with Crippen LogP contribution in [-0.2, 0) is 4.79 Å². The van der Waals surface area contributed by atoms with Gasteiger partial charge in [-0.05, 0) is 25.7 Å². The highest BCUT2D eigenvalue weighted by molar-refractivity contribution is 5.78. The molecular formula is C28H56O2. The Morgan fingerprint density at radius 2 is 0.867 bits per heavy atom. The van der Waals surface area contributed by atoms with E-state index in [1.54, 1.807) is 0 Å². The topological polar surface area (TPSA) is 37.3 Å². The highest BCUT2D eigenvalue weighted by Gasteiger charge is 2.03. The first kappa shape index (κ1) is 29.6. The van der Waals surface area contributed by atoms with Crippen LogP contribution in [0.1, 0.15) is 168 Å². The van der Waals surface area contributed by atoms with E-state index >= 15 is 0 Å². The van der Waals surface area contributed by atoms with Crippen LogP contribution >= 0.6 is 0 Å². The van der Waals surface area contributed by atoms with E-state index in [4.69, 9.17) is 0 Å². The highest BCUT2D eigenvalue weighted by Crippen LogP contribution is 2.15. The molecule has 0 heterocycles. The van der Waals surface area contributed by atoms with Crippen molar-refractivity contribution in [3.63, 3.8) is 0 Å². The van der Waals surface area contributed by atoms with Gasteiger partial charge in [0, 0.05) is 12.8 Å². The minimum atomic E-state index is -0.0442. The summed E-state index contributed by atoms with van der Waals surface area (Å²) in [6.07, 6.45) is 30.0. The second-order valence-corrected chi connectivity index (χ2v) is 9.63. The Labute approximate surface area is 190 Å².